The second kappa shape index (κ2) is 5.24. The molecule has 1 heterocycles. The van der Waals surface area contributed by atoms with Gasteiger partial charge in [0.05, 0.1) is 5.60 Å². The van der Waals surface area contributed by atoms with Crippen LogP contribution >= 0.6 is 0 Å². The Morgan fingerprint density at radius 2 is 2.11 bits per heavy atom. The number of nitrogens with zero attached hydrogens (tertiary/aromatic N) is 1. The minimum atomic E-state index is -0.598. The van der Waals surface area contributed by atoms with Crippen molar-refractivity contribution < 1.29 is 9.50 Å². The molecule has 2 rings (SSSR count). The van der Waals surface area contributed by atoms with Crippen molar-refractivity contribution in [3.05, 3.63) is 29.6 Å². The Hall–Kier alpha value is -1.13. The molecule has 100 valence electrons. The lowest BCUT2D eigenvalue weighted by atomic mass is 9.98. The van der Waals surface area contributed by atoms with Crippen LogP contribution in [0.1, 0.15) is 31.7 Å². The molecular weight excluding hydrogens is 231 g/mol. The van der Waals surface area contributed by atoms with E-state index >= 15 is 0 Å². The Morgan fingerprint density at radius 1 is 1.33 bits per heavy atom. The van der Waals surface area contributed by atoms with E-state index in [0.29, 0.717) is 13.0 Å². The van der Waals surface area contributed by atoms with Gasteiger partial charge in [-0.25, -0.2) is 4.39 Å². The van der Waals surface area contributed by atoms with Crippen molar-refractivity contribution in [2.75, 3.05) is 18.0 Å². The predicted octanol–water partition coefficient (Wildman–Crippen LogP) is 2.03. The van der Waals surface area contributed by atoms with Crippen LogP contribution in [0.15, 0.2) is 18.2 Å². The summed E-state index contributed by atoms with van der Waals surface area (Å²) in [6.07, 6.45) is 2.42. The number of hydrogen-bond acceptors (Lipinski definition) is 3. The highest BCUT2D eigenvalue weighted by Crippen LogP contribution is 2.26. The SMILES string of the molecule is CC1(O)CCCN(c2cc(F)cc(CN)c2)CC1. The second-order valence-corrected chi connectivity index (χ2v) is 5.36. The van der Waals surface area contributed by atoms with Crippen LogP contribution < -0.4 is 10.6 Å². The van der Waals surface area contributed by atoms with E-state index in [9.17, 15) is 9.50 Å². The van der Waals surface area contributed by atoms with Gasteiger partial charge >= 0.3 is 0 Å². The summed E-state index contributed by atoms with van der Waals surface area (Å²) in [5.41, 5.74) is 6.64. The summed E-state index contributed by atoms with van der Waals surface area (Å²) in [5, 5.41) is 10.1. The number of aliphatic hydroxyl groups is 1. The summed E-state index contributed by atoms with van der Waals surface area (Å²) in [5.74, 6) is -0.246. The maximum absolute atomic E-state index is 13.5. The van der Waals surface area contributed by atoms with E-state index in [1.165, 1.54) is 6.07 Å². The van der Waals surface area contributed by atoms with Gasteiger partial charge in [-0.3, -0.25) is 0 Å². The zero-order valence-electron chi connectivity index (χ0n) is 10.8. The van der Waals surface area contributed by atoms with Crippen molar-refractivity contribution in [1.82, 2.24) is 0 Å². The smallest absolute Gasteiger partial charge is 0.125 e. The molecule has 0 amide bonds. The van der Waals surface area contributed by atoms with Crippen LogP contribution in [-0.4, -0.2) is 23.8 Å². The van der Waals surface area contributed by atoms with E-state index in [1.807, 2.05) is 13.0 Å². The molecule has 0 radical (unpaired) electrons. The number of rotatable bonds is 2. The minimum absolute atomic E-state index is 0.246. The van der Waals surface area contributed by atoms with Gasteiger partial charge in [0.2, 0.25) is 0 Å². The third-order valence-electron chi connectivity index (χ3n) is 3.61. The van der Waals surface area contributed by atoms with Gasteiger partial charge in [0, 0.05) is 25.3 Å². The molecule has 0 bridgehead atoms. The third kappa shape index (κ3) is 3.21. The normalized spacial score (nSPS) is 25.0. The van der Waals surface area contributed by atoms with E-state index in [-0.39, 0.29) is 5.82 Å². The zero-order chi connectivity index (χ0) is 13.2. The molecule has 1 saturated heterocycles. The Balaban J connectivity index is 2.18. The molecule has 1 aromatic carbocycles. The van der Waals surface area contributed by atoms with E-state index in [0.717, 1.165) is 37.2 Å². The first kappa shape index (κ1) is 13.3. The summed E-state index contributed by atoms with van der Waals surface area (Å²) in [6, 6.07) is 4.94. The van der Waals surface area contributed by atoms with E-state index in [2.05, 4.69) is 4.90 Å². The number of halogens is 1. The van der Waals surface area contributed by atoms with Crippen LogP contribution in [0.3, 0.4) is 0 Å². The molecule has 3 N–H and O–H groups in total. The highest BCUT2D eigenvalue weighted by molar-refractivity contribution is 5.49. The predicted molar refractivity (Wildman–Crippen MR) is 71.0 cm³/mol. The first-order chi connectivity index (χ1) is 8.50. The molecule has 18 heavy (non-hydrogen) atoms. The van der Waals surface area contributed by atoms with Crippen LogP contribution in [0.4, 0.5) is 10.1 Å². The highest BCUT2D eigenvalue weighted by Gasteiger charge is 2.25. The Bertz CT molecular complexity index is 420. The number of hydrogen-bond donors (Lipinski definition) is 2. The monoisotopic (exact) mass is 252 g/mol. The molecule has 3 nitrogen and oxygen atoms in total. The van der Waals surface area contributed by atoms with Crippen molar-refractivity contribution in [2.24, 2.45) is 5.73 Å². The lowest BCUT2D eigenvalue weighted by molar-refractivity contribution is 0.0481. The highest BCUT2D eigenvalue weighted by atomic mass is 19.1. The molecule has 1 atom stereocenters. The van der Waals surface area contributed by atoms with Gasteiger partial charge in [-0.2, -0.15) is 0 Å². The minimum Gasteiger partial charge on any atom is -0.390 e. The Labute approximate surface area is 107 Å². The quantitative estimate of drug-likeness (QED) is 0.846. The van der Waals surface area contributed by atoms with Crippen LogP contribution in [0.5, 0.6) is 0 Å². The van der Waals surface area contributed by atoms with Crippen LogP contribution in [0.25, 0.3) is 0 Å². The van der Waals surface area contributed by atoms with E-state index < -0.39 is 5.60 Å². The summed E-state index contributed by atoms with van der Waals surface area (Å²) >= 11 is 0. The summed E-state index contributed by atoms with van der Waals surface area (Å²) in [6.45, 7) is 3.81. The molecular formula is C14H21FN2O. The number of nitrogens with two attached hydrogens (primary N) is 1. The molecule has 1 fully saturated rings. The maximum Gasteiger partial charge on any atom is 0.125 e. The van der Waals surface area contributed by atoms with Gasteiger partial charge in [-0.05, 0) is 49.9 Å². The molecule has 0 spiro atoms. The van der Waals surface area contributed by atoms with Crippen molar-refractivity contribution in [2.45, 2.75) is 38.3 Å². The van der Waals surface area contributed by atoms with Crippen LogP contribution in [-0.2, 0) is 6.54 Å². The average molecular weight is 252 g/mol. The van der Waals surface area contributed by atoms with Gasteiger partial charge in [0.15, 0.2) is 0 Å². The zero-order valence-corrected chi connectivity index (χ0v) is 10.8. The molecule has 0 aliphatic carbocycles. The van der Waals surface area contributed by atoms with Gasteiger partial charge < -0.3 is 15.7 Å². The topological polar surface area (TPSA) is 49.5 Å². The van der Waals surface area contributed by atoms with Gasteiger partial charge in [0.1, 0.15) is 5.82 Å². The van der Waals surface area contributed by atoms with Gasteiger partial charge in [-0.15, -0.1) is 0 Å². The average Bonchev–Trinajstić information content (AvgIpc) is 2.49. The van der Waals surface area contributed by atoms with Crippen LogP contribution in [0, 0.1) is 5.82 Å². The summed E-state index contributed by atoms with van der Waals surface area (Å²) < 4.78 is 13.5. The lowest BCUT2D eigenvalue weighted by Crippen LogP contribution is -2.28. The Morgan fingerprint density at radius 3 is 2.83 bits per heavy atom. The molecule has 4 heteroatoms. The second-order valence-electron chi connectivity index (χ2n) is 5.36. The summed E-state index contributed by atoms with van der Waals surface area (Å²) in [4.78, 5) is 2.13. The van der Waals surface area contributed by atoms with Crippen molar-refractivity contribution >= 4 is 5.69 Å². The Kier molecular flexibility index (Phi) is 3.88. The number of anilines is 1. The maximum atomic E-state index is 13.5. The van der Waals surface area contributed by atoms with Crippen molar-refractivity contribution in [1.29, 1.82) is 0 Å². The fraction of sp³-hybridized carbons (Fsp3) is 0.571. The molecule has 1 aromatic rings. The standard InChI is InChI=1S/C14H21FN2O/c1-14(18)3-2-5-17(6-4-14)13-8-11(10-16)7-12(15)9-13/h7-9,18H,2-6,10,16H2,1H3. The van der Waals surface area contributed by atoms with E-state index in [4.69, 9.17) is 5.73 Å². The molecule has 0 saturated carbocycles. The lowest BCUT2D eigenvalue weighted by Gasteiger charge is -2.24. The largest absolute Gasteiger partial charge is 0.390 e. The number of benzene rings is 1. The fourth-order valence-corrected chi connectivity index (χ4v) is 2.46. The molecule has 0 aromatic heterocycles. The molecule has 1 aliphatic rings. The fourth-order valence-electron chi connectivity index (χ4n) is 2.46. The van der Waals surface area contributed by atoms with Gasteiger partial charge in [-0.1, -0.05) is 0 Å². The first-order valence-corrected chi connectivity index (χ1v) is 6.47. The van der Waals surface area contributed by atoms with Crippen molar-refractivity contribution in [3.63, 3.8) is 0 Å². The van der Waals surface area contributed by atoms with Crippen LogP contribution in [0.2, 0.25) is 0 Å². The van der Waals surface area contributed by atoms with Gasteiger partial charge in [0.25, 0.3) is 0 Å². The molecule has 1 aliphatic heterocycles. The molecule has 1 unspecified atom stereocenters. The third-order valence-corrected chi connectivity index (χ3v) is 3.61. The van der Waals surface area contributed by atoms with Crippen molar-refractivity contribution in [3.8, 4) is 0 Å². The van der Waals surface area contributed by atoms with E-state index in [1.54, 1.807) is 6.07 Å². The summed E-state index contributed by atoms with van der Waals surface area (Å²) in [7, 11) is 0. The first-order valence-electron chi connectivity index (χ1n) is 6.47.